The fourth-order valence-corrected chi connectivity index (χ4v) is 2.05. The molecule has 0 spiro atoms. The minimum atomic E-state index is -0.552. The highest BCUT2D eigenvalue weighted by atomic mass is 19.1. The maximum Gasteiger partial charge on any atom is 0.149 e. The van der Waals surface area contributed by atoms with Gasteiger partial charge in [0.05, 0.1) is 11.1 Å². The van der Waals surface area contributed by atoms with Gasteiger partial charge in [-0.15, -0.1) is 0 Å². The second kappa shape index (κ2) is 4.25. The Labute approximate surface area is 97.6 Å². The summed E-state index contributed by atoms with van der Waals surface area (Å²) in [6.07, 6.45) is 0.643. The van der Waals surface area contributed by atoms with Crippen LogP contribution in [0.3, 0.4) is 0 Å². The van der Waals surface area contributed by atoms with Crippen molar-refractivity contribution in [1.29, 1.82) is 0 Å². The van der Waals surface area contributed by atoms with Crippen LogP contribution in [0.25, 0.3) is 10.9 Å². The standard InChI is InChI=1S/C12H13F2N3/c1-3-7-6(2)16-12-9(14)5-4-8(13)10(12)11(7)17-15/h4-5H,3,15H2,1-2H3,(H,16,17). The van der Waals surface area contributed by atoms with Crippen molar-refractivity contribution in [1.82, 2.24) is 4.98 Å². The van der Waals surface area contributed by atoms with Crippen molar-refractivity contribution in [3.8, 4) is 0 Å². The van der Waals surface area contributed by atoms with Gasteiger partial charge in [0.15, 0.2) is 0 Å². The molecule has 0 aliphatic carbocycles. The molecule has 0 unspecified atom stereocenters. The Morgan fingerprint density at radius 2 is 1.94 bits per heavy atom. The number of hydrazine groups is 1. The molecule has 0 atom stereocenters. The Balaban J connectivity index is 2.98. The Bertz CT molecular complexity index is 582. The minimum Gasteiger partial charge on any atom is -0.323 e. The van der Waals surface area contributed by atoms with Crippen LogP contribution in [-0.4, -0.2) is 4.98 Å². The molecule has 0 saturated heterocycles. The van der Waals surface area contributed by atoms with Gasteiger partial charge in [0.25, 0.3) is 0 Å². The zero-order valence-corrected chi connectivity index (χ0v) is 9.64. The maximum absolute atomic E-state index is 13.8. The van der Waals surface area contributed by atoms with E-state index in [4.69, 9.17) is 5.84 Å². The molecule has 0 amide bonds. The number of benzene rings is 1. The number of aryl methyl sites for hydroxylation is 1. The van der Waals surface area contributed by atoms with E-state index >= 15 is 0 Å². The van der Waals surface area contributed by atoms with E-state index in [2.05, 4.69) is 10.4 Å². The number of rotatable bonds is 2. The number of hydrogen-bond donors (Lipinski definition) is 2. The molecule has 1 heterocycles. The van der Waals surface area contributed by atoms with Crippen molar-refractivity contribution >= 4 is 16.6 Å². The molecule has 17 heavy (non-hydrogen) atoms. The number of nitrogen functional groups attached to an aromatic ring is 1. The third kappa shape index (κ3) is 1.72. The van der Waals surface area contributed by atoms with Crippen LogP contribution < -0.4 is 11.3 Å². The zero-order valence-electron chi connectivity index (χ0n) is 9.64. The highest BCUT2D eigenvalue weighted by Gasteiger charge is 2.16. The van der Waals surface area contributed by atoms with E-state index in [0.717, 1.165) is 17.7 Å². The van der Waals surface area contributed by atoms with Crippen LogP contribution in [0.15, 0.2) is 12.1 Å². The lowest BCUT2D eigenvalue weighted by Gasteiger charge is -2.14. The second-order valence-corrected chi connectivity index (χ2v) is 3.80. The van der Waals surface area contributed by atoms with Gasteiger partial charge in [0.1, 0.15) is 17.2 Å². The number of nitrogens with zero attached hydrogens (tertiary/aromatic N) is 1. The summed E-state index contributed by atoms with van der Waals surface area (Å²) < 4.78 is 27.4. The molecule has 0 fully saturated rings. The summed E-state index contributed by atoms with van der Waals surface area (Å²) in [4.78, 5) is 4.10. The SMILES string of the molecule is CCc1c(C)nc2c(F)ccc(F)c2c1NN. The third-order valence-corrected chi connectivity index (χ3v) is 2.84. The van der Waals surface area contributed by atoms with Gasteiger partial charge in [0.2, 0.25) is 0 Å². The van der Waals surface area contributed by atoms with E-state index in [1.165, 1.54) is 0 Å². The molecule has 3 nitrogen and oxygen atoms in total. The fraction of sp³-hybridized carbons (Fsp3) is 0.250. The Hall–Kier alpha value is -1.75. The van der Waals surface area contributed by atoms with E-state index in [0.29, 0.717) is 17.8 Å². The first-order valence-electron chi connectivity index (χ1n) is 5.34. The molecule has 5 heteroatoms. The van der Waals surface area contributed by atoms with Crippen molar-refractivity contribution in [3.63, 3.8) is 0 Å². The van der Waals surface area contributed by atoms with Crippen LogP contribution in [0.2, 0.25) is 0 Å². The summed E-state index contributed by atoms with van der Waals surface area (Å²) in [5, 5.41) is 0.106. The average Bonchev–Trinajstić information content (AvgIpc) is 2.32. The summed E-state index contributed by atoms with van der Waals surface area (Å²) in [7, 11) is 0. The van der Waals surface area contributed by atoms with Crippen LogP contribution in [0.1, 0.15) is 18.2 Å². The minimum absolute atomic E-state index is 0.00708. The van der Waals surface area contributed by atoms with E-state index in [9.17, 15) is 8.78 Å². The number of fused-ring (bicyclic) bond motifs is 1. The van der Waals surface area contributed by atoms with E-state index in [1.807, 2.05) is 6.92 Å². The van der Waals surface area contributed by atoms with E-state index in [1.54, 1.807) is 6.92 Å². The molecule has 0 bridgehead atoms. The summed E-state index contributed by atoms with van der Waals surface area (Å²) in [6, 6.07) is 2.14. The summed E-state index contributed by atoms with van der Waals surface area (Å²) in [5.74, 6) is 4.33. The molecule has 90 valence electrons. The second-order valence-electron chi connectivity index (χ2n) is 3.80. The molecule has 1 aromatic heterocycles. The van der Waals surface area contributed by atoms with Gasteiger partial charge >= 0.3 is 0 Å². The molecular formula is C12H13F2N3. The first-order valence-corrected chi connectivity index (χ1v) is 5.34. The summed E-state index contributed by atoms with van der Waals surface area (Å²) >= 11 is 0. The van der Waals surface area contributed by atoms with Gasteiger partial charge in [-0.3, -0.25) is 5.84 Å². The quantitative estimate of drug-likeness (QED) is 0.623. The Kier molecular flexibility index (Phi) is 2.93. The molecule has 2 aromatic rings. The highest BCUT2D eigenvalue weighted by molar-refractivity contribution is 5.94. The largest absolute Gasteiger partial charge is 0.323 e. The topological polar surface area (TPSA) is 50.9 Å². The van der Waals surface area contributed by atoms with Crippen molar-refractivity contribution in [2.45, 2.75) is 20.3 Å². The van der Waals surface area contributed by atoms with Crippen LogP contribution in [-0.2, 0) is 6.42 Å². The predicted molar refractivity (Wildman–Crippen MR) is 63.6 cm³/mol. The Morgan fingerprint density at radius 1 is 1.29 bits per heavy atom. The van der Waals surface area contributed by atoms with Crippen molar-refractivity contribution in [2.75, 3.05) is 5.43 Å². The first kappa shape index (κ1) is 11.7. The summed E-state index contributed by atoms with van der Waals surface area (Å²) in [5.41, 5.74) is 4.31. The highest BCUT2D eigenvalue weighted by Crippen LogP contribution is 2.31. The molecule has 0 saturated carbocycles. The van der Waals surface area contributed by atoms with E-state index < -0.39 is 11.6 Å². The molecule has 3 N–H and O–H groups in total. The molecular weight excluding hydrogens is 224 g/mol. The molecule has 1 aromatic carbocycles. The van der Waals surface area contributed by atoms with Crippen molar-refractivity contribution in [3.05, 3.63) is 35.0 Å². The maximum atomic E-state index is 13.8. The smallest absolute Gasteiger partial charge is 0.149 e. The number of halogens is 2. The van der Waals surface area contributed by atoms with Gasteiger partial charge in [-0.2, -0.15) is 0 Å². The van der Waals surface area contributed by atoms with Gasteiger partial charge < -0.3 is 5.43 Å². The predicted octanol–water partition coefficient (Wildman–Crippen LogP) is 2.67. The number of pyridine rings is 1. The third-order valence-electron chi connectivity index (χ3n) is 2.84. The Morgan fingerprint density at radius 3 is 2.53 bits per heavy atom. The number of anilines is 1. The van der Waals surface area contributed by atoms with Crippen molar-refractivity contribution in [2.24, 2.45) is 5.84 Å². The summed E-state index contributed by atoms with van der Waals surface area (Å²) in [6.45, 7) is 3.66. The number of aromatic nitrogens is 1. The molecule has 0 aliphatic heterocycles. The van der Waals surface area contributed by atoms with Crippen LogP contribution >= 0.6 is 0 Å². The van der Waals surface area contributed by atoms with Gasteiger partial charge in [-0.25, -0.2) is 13.8 Å². The van der Waals surface area contributed by atoms with Gasteiger partial charge in [-0.1, -0.05) is 6.92 Å². The van der Waals surface area contributed by atoms with Gasteiger partial charge in [-0.05, 0) is 31.0 Å². The number of hydrogen-bond acceptors (Lipinski definition) is 3. The van der Waals surface area contributed by atoms with E-state index in [-0.39, 0.29) is 10.9 Å². The number of nitrogens with two attached hydrogens (primary N) is 1. The fourth-order valence-electron chi connectivity index (χ4n) is 2.05. The molecule has 0 aliphatic rings. The molecule has 0 radical (unpaired) electrons. The van der Waals surface area contributed by atoms with Crippen LogP contribution in [0, 0.1) is 18.6 Å². The number of nitrogens with one attached hydrogen (secondary N) is 1. The zero-order chi connectivity index (χ0) is 12.6. The lowest BCUT2D eigenvalue weighted by molar-refractivity contribution is 0.615. The lowest BCUT2D eigenvalue weighted by Crippen LogP contribution is -2.12. The van der Waals surface area contributed by atoms with Crippen molar-refractivity contribution < 1.29 is 8.78 Å². The van der Waals surface area contributed by atoms with Gasteiger partial charge in [0, 0.05) is 5.69 Å². The van der Waals surface area contributed by atoms with Crippen LogP contribution in [0.5, 0.6) is 0 Å². The normalized spacial score (nSPS) is 10.9. The first-order chi connectivity index (χ1) is 8.10. The van der Waals surface area contributed by atoms with Crippen LogP contribution in [0.4, 0.5) is 14.5 Å². The average molecular weight is 237 g/mol. The monoisotopic (exact) mass is 237 g/mol. The lowest BCUT2D eigenvalue weighted by atomic mass is 10.0. The molecule has 2 rings (SSSR count).